The van der Waals surface area contributed by atoms with Crippen LogP contribution in [-0.2, 0) is 11.2 Å². The first kappa shape index (κ1) is 17.0. The zero-order valence-corrected chi connectivity index (χ0v) is 14.6. The van der Waals surface area contributed by atoms with E-state index in [-0.39, 0.29) is 18.4 Å². The Morgan fingerprint density at radius 3 is 2.71 bits per heavy atom. The second-order valence-electron chi connectivity index (χ2n) is 5.70. The molecule has 0 aliphatic heterocycles. The Morgan fingerprint density at radius 1 is 1.17 bits per heavy atom. The highest BCUT2D eigenvalue weighted by Crippen LogP contribution is 2.22. The first-order chi connectivity index (χ1) is 11.7. The molecule has 0 bridgehead atoms. The van der Waals surface area contributed by atoms with Crippen molar-refractivity contribution >= 4 is 38.9 Å². The van der Waals surface area contributed by atoms with Gasteiger partial charge in [0.2, 0.25) is 5.91 Å². The van der Waals surface area contributed by atoms with Crippen molar-refractivity contribution in [2.75, 3.05) is 13.2 Å². The van der Waals surface area contributed by atoms with Crippen LogP contribution >= 0.6 is 22.9 Å². The van der Waals surface area contributed by atoms with Crippen molar-refractivity contribution in [2.45, 2.75) is 12.3 Å². The van der Waals surface area contributed by atoms with Gasteiger partial charge in [0.05, 0.1) is 13.0 Å². The molecule has 1 atom stereocenters. The van der Waals surface area contributed by atoms with E-state index in [0.29, 0.717) is 18.0 Å². The molecule has 1 unspecified atom stereocenters. The molecule has 3 aromatic rings. The van der Waals surface area contributed by atoms with E-state index in [1.165, 1.54) is 10.1 Å². The SMILES string of the molecule is O=C(Cc1ccc2sccc2c1)NCC(CO)c1ccc(Cl)cc1. The maximum Gasteiger partial charge on any atom is 0.224 e. The van der Waals surface area contributed by atoms with Crippen LogP contribution in [0.1, 0.15) is 17.0 Å². The van der Waals surface area contributed by atoms with E-state index in [4.69, 9.17) is 11.6 Å². The molecule has 0 spiro atoms. The summed E-state index contributed by atoms with van der Waals surface area (Å²) in [6.45, 7) is 0.375. The molecule has 3 nitrogen and oxygen atoms in total. The van der Waals surface area contributed by atoms with Crippen molar-refractivity contribution in [2.24, 2.45) is 0 Å². The standard InChI is InChI=1S/C19H18ClNO2S/c20-17-4-2-14(3-5-17)16(12-22)11-21-19(23)10-13-1-6-18-15(9-13)7-8-24-18/h1-9,16,22H,10-12H2,(H,21,23). The number of amides is 1. The number of nitrogens with one attached hydrogen (secondary N) is 1. The molecule has 0 fully saturated rings. The van der Waals surface area contributed by atoms with Crippen LogP contribution in [0.2, 0.25) is 5.02 Å². The van der Waals surface area contributed by atoms with Gasteiger partial charge in [0, 0.05) is 22.2 Å². The van der Waals surface area contributed by atoms with Crippen molar-refractivity contribution in [1.82, 2.24) is 5.32 Å². The fourth-order valence-corrected chi connectivity index (χ4v) is 3.53. The van der Waals surface area contributed by atoms with Gasteiger partial charge in [-0.1, -0.05) is 29.8 Å². The maximum absolute atomic E-state index is 12.2. The fraction of sp³-hybridized carbons (Fsp3) is 0.211. The second-order valence-corrected chi connectivity index (χ2v) is 7.09. The van der Waals surface area contributed by atoms with Crippen LogP contribution in [-0.4, -0.2) is 24.2 Å². The summed E-state index contributed by atoms with van der Waals surface area (Å²) in [6.07, 6.45) is 0.338. The average molecular weight is 360 g/mol. The minimum Gasteiger partial charge on any atom is -0.396 e. The average Bonchev–Trinajstić information content (AvgIpc) is 3.04. The van der Waals surface area contributed by atoms with E-state index in [1.807, 2.05) is 35.7 Å². The number of benzene rings is 2. The number of thiophene rings is 1. The van der Waals surface area contributed by atoms with E-state index in [1.54, 1.807) is 23.5 Å². The van der Waals surface area contributed by atoms with Crippen LogP contribution in [0.3, 0.4) is 0 Å². The summed E-state index contributed by atoms with van der Waals surface area (Å²) in [5.41, 5.74) is 1.95. The third kappa shape index (κ3) is 4.15. The Kier molecular flexibility index (Phi) is 5.51. The number of rotatable bonds is 6. The lowest BCUT2D eigenvalue weighted by Gasteiger charge is -2.15. The topological polar surface area (TPSA) is 49.3 Å². The second kappa shape index (κ2) is 7.79. The Hall–Kier alpha value is -1.88. The lowest BCUT2D eigenvalue weighted by atomic mass is 10.00. The van der Waals surface area contributed by atoms with E-state index >= 15 is 0 Å². The summed E-state index contributed by atoms with van der Waals surface area (Å²) >= 11 is 7.57. The predicted octanol–water partition coefficient (Wildman–Crippen LogP) is 3.99. The Balaban J connectivity index is 1.58. The summed E-state index contributed by atoms with van der Waals surface area (Å²) in [5, 5.41) is 16.3. The molecule has 1 amide bonds. The van der Waals surface area contributed by atoms with E-state index in [9.17, 15) is 9.90 Å². The molecular weight excluding hydrogens is 342 g/mol. The van der Waals surface area contributed by atoms with Crippen molar-refractivity contribution in [3.63, 3.8) is 0 Å². The van der Waals surface area contributed by atoms with Gasteiger partial charge in [-0.2, -0.15) is 0 Å². The summed E-state index contributed by atoms with van der Waals surface area (Å²) in [7, 11) is 0. The van der Waals surface area contributed by atoms with Gasteiger partial charge in [-0.05, 0) is 52.2 Å². The number of carbonyl (C=O) groups excluding carboxylic acids is 1. The van der Waals surface area contributed by atoms with Crippen molar-refractivity contribution < 1.29 is 9.90 Å². The lowest BCUT2D eigenvalue weighted by Crippen LogP contribution is -2.30. The molecule has 0 saturated heterocycles. The summed E-state index contributed by atoms with van der Waals surface area (Å²) in [4.78, 5) is 12.2. The molecule has 0 aliphatic carbocycles. The maximum atomic E-state index is 12.2. The van der Waals surface area contributed by atoms with Gasteiger partial charge in [0.25, 0.3) is 0 Å². The molecule has 0 saturated carbocycles. The van der Waals surface area contributed by atoms with Gasteiger partial charge in [-0.15, -0.1) is 11.3 Å². The van der Waals surface area contributed by atoms with Gasteiger partial charge in [0.15, 0.2) is 0 Å². The number of fused-ring (bicyclic) bond motifs is 1. The predicted molar refractivity (Wildman–Crippen MR) is 99.8 cm³/mol. The van der Waals surface area contributed by atoms with Crippen molar-refractivity contribution in [3.05, 3.63) is 70.1 Å². The molecule has 2 N–H and O–H groups in total. The third-order valence-corrected chi connectivity index (χ3v) is 5.14. The fourth-order valence-electron chi connectivity index (χ4n) is 2.63. The summed E-state index contributed by atoms with van der Waals surface area (Å²) in [5.74, 6) is -0.178. The molecule has 3 rings (SSSR count). The molecular formula is C19H18ClNO2S. The van der Waals surface area contributed by atoms with Gasteiger partial charge in [0.1, 0.15) is 0 Å². The summed E-state index contributed by atoms with van der Waals surface area (Å²) in [6, 6.07) is 15.5. The number of carbonyl (C=O) groups is 1. The molecule has 124 valence electrons. The lowest BCUT2D eigenvalue weighted by molar-refractivity contribution is -0.120. The number of aliphatic hydroxyl groups excluding tert-OH is 1. The minimum absolute atomic E-state index is 0.0250. The Morgan fingerprint density at radius 2 is 1.96 bits per heavy atom. The molecule has 0 aliphatic rings. The third-order valence-electron chi connectivity index (χ3n) is 3.99. The zero-order valence-electron chi connectivity index (χ0n) is 13.0. The molecule has 1 aromatic heterocycles. The van der Waals surface area contributed by atoms with Crippen molar-refractivity contribution in [1.29, 1.82) is 0 Å². The molecule has 0 radical (unpaired) electrons. The van der Waals surface area contributed by atoms with Crippen molar-refractivity contribution in [3.8, 4) is 0 Å². The monoisotopic (exact) mass is 359 g/mol. The minimum atomic E-state index is -0.134. The highest BCUT2D eigenvalue weighted by Gasteiger charge is 2.12. The highest BCUT2D eigenvalue weighted by molar-refractivity contribution is 7.17. The summed E-state index contributed by atoms with van der Waals surface area (Å²) < 4.78 is 1.22. The largest absolute Gasteiger partial charge is 0.396 e. The number of halogens is 1. The number of hydrogen-bond acceptors (Lipinski definition) is 3. The van der Waals surface area contributed by atoms with Crippen LogP contribution in [0.5, 0.6) is 0 Å². The number of aliphatic hydroxyl groups is 1. The van der Waals surface area contributed by atoms with Gasteiger partial charge < -0.3 is 10.4 Å². The number of hydrogen-bond donors (Lipinski definition) is 2. The molecule has 2 aromatic carbocycles. The van der Waals surface area contributed by atoms with Crippen LogP contribution in [0.4, 0.5) is 0 Å². The first-order valence-electron chi connectivity index (χ1n) is 7.75. The van der Waals surface area contributed by atoms with Crippen LogP contribution in [0.15, 0.2) is 53.9 Å². The molecule has 5 heteroatoms. The van der Waals surface area contributed by atoms with Crippen LogP contribution in [0.25, 0.3) is 10.1 Å². The Bertz CT molecular complexity index is 829. The van der Waals surface area contributed by atoms with E-state index < -0.39 is 0 Å². The highest BCUT2D eigenvalue weighted by atomic mass is 35.5. The van der Waals surface area contributed by atoms with Gasteiger partial charge in [-0.25, -0.2) is 0 Å². The zero-order chi connectivity index (χ0) is 16.9. The molecule has 1 heterocycles. The first-order valence-corrected chi connectivity index (χ1v) is 9.00. The Labute approximate surface area is 149 Å². The van der Waals surface area contributed by atoms with Gasteiger partial charge >= 0.3 is 0 Å². The van der Waals surface area contributed by atoms with Crippen LogP contribution < -0.4 is 5.32 Å². The van der Waals surface area contributed by atoms with E-state index in [2.05, 4.69) is 11.4 Å². The quantitative estimate of drug-likeness (QED) is 0.699. The van der Waals surface area contributed by atoms with E-state index in [0.717, 1.165) is 11.1 Å². The molecule has 24 heavy (non-hydrogen) atoms. The van der Waals surface area contributed by atoms with Gasteiger partial charge in [-0.3, -0.25) is 4.79 Å². The van der Waals surface area contributed by atoms with Crippen LogP contribution in [0, 0.1) is 0 Å². The normalized spacial score (nSPS) is 12.2. The smallest absolute Gasteiger partial charge is 0.224 e.